The maximum absolute atomic E-state index is 11.5. The lowest BCUT2D eigenvalue weighted by Gasteiger charge is -2.11. The molecule has 2 N–H and O–H groups in total. The van der Waals surface area contributed by atoms with Crippen molar-refractivity contribution in [3.8, 4) is 11.5 Å². The van der Waals surface area contributed by atoms with Crippen LogP contribution < -0.4 is 14.8 Å². The van der Waals surface area contributed by atoms with Gasteiger partial charge in [0.15, 0.2) is 0 Å². The molecule has 0 aliphatic carbocycles. The van der Waals surface area contributed by atoms with Gasteiger partial charge in [-0.1, -0.05) is 18.2 Å². The molecule has 0 aliphatic rings. The van der Waals surface area contributed by atoms with Crippen LogP contribution in [0.2, 0.25) is 0 Å². The van der Waals surface area contributed by atoms with Gasteiger partial charge in [0.05, 0.1) is 6.42 Å². The van der Waals surface area contributed by atoms with Crippen LogP contribution >= 0.6 is 0 Å². The number of aliphatic carboxylic acids is 1. The molecule has 0 heterocycles. The van der Waals surface area contributed by atoms with Gasteiger partial charge in [-0.15, -0.1) is 0 Å². The summed E-state index contributed by atoms with van der Waals surface area (Å²) < 4.78 is 11.5. The number of carbonyl (C=O) groups excluding carboxylic acids is 1. The second-order valence-electron chi connectivity index (χ2n) is 6.66. The molecule has 0 radical (unpaired) electrons. The maximum Gasteiger partial charge on any atom is 0.303 e. The summed E-state index contributed by atoms with van der Waals surface area (Å²) in [6.07, 6.45) is 0.493. The molecule has 150 valence electrons. The quantitative estimate of drug-likeness (QED) is 0.580. The van der Waals surface area contributed by atoms with Gasteiger partial charge in [0.2, 0.25) is 5.91 Å². The fourth-order valence-corrected chi connectivity index (χ4v) is 2.78. The van der Waals surface area contributed by atoms with Gasteiger partial charge in [0, 0.05) is 13.0 Å². The van der Waals surface area contributed by atoms with Crippen molar-refractivity contribution in [3.63, 3.8) is 0 Å². The molecule has 2 rings (SSSR count). The van der Waals surface area contributed by atoms with Gasteiger partial charge in [0.25, 0.3) is 0 Å². The van der Waals surface area contributed by atoms with Crippen LogP contribution in [-0.4, -0.2) is 36.7 Å². The second kappa shape index (κ2) is 11.0. The molecule has 0 aliphatic heterocycles. The molecule has 0 atom stereocenters. The Morgan fingerprint density at radius 2 is 1.61 bits per heavy atom. The van der Waals surface area contributed by atoms with E-state index >= 15 is 0 Å². The zero-order chi connectivity index (χ0) is 20.4. The summed E-state index contributed by atoms with van der Waals surface area (Å²) in [5.74, 6) is 0.368. The summed E-state index contributed by atoms with van der Waals surface area (Å²) in [4.78, 5) is 22.0. The highest BCUT2D eigenvalue weighted by Gasteiger charge is 2.05. The number of hydrogen-bond donors (Lipinski definition) is 2. The van der Waals surface area contributed by atoms with Gasteiger partial charge in [-0.25, -0.2) is 0 Å². The van der Waals surface area contributed by atoms with Crippen molar-refractivity contribution in [1.82, 2.24) is 5.32 Å². The molecule has 1 amide bonds. The average molecular weight is 385 g/mol. The first-order valence-corrected chi connectivity index (χ1v) is 9.34. The Morgan fingerprint density at radius 1 is 0.929 bits per heavy atom. The summed E-state index contributed by atoms with van der Waals surface area (Å²) in [6, 6.07) is 13.8. The van der Waals surface area contributed by atoms with Crippen LogP contribution in [0.15, 0.2) is 42.5 Å². The van der Waals surface area contributed by atoms with E-state index in [1.807, 2.05) is 50.2 Å². The number of carboxylic acids is 1. The molecule has 2 aromatic rings. The fourth-order valence-electron chi connectivity index (χ4n) is 2.78. The number of benzene rings is 2. The molecule has 28 heavy (non-hydrogen) atoms. The normalized spacial score (nSPS) is 10.4. The summed E-state index contributed by atoms with van der Waals surface area (Å²) in [6.45, 7) is 5.42. The Bertz CT molecular complexity index is 783. The van der Waals surface area contributed by atoms with Crippen LogP contribution in [0.3, 0.4) is 0 Å². The summed E-state index contributed by atoms with van der Waals surface area (Å²) in [5, 5.41) is 11.3. The van der Waals surface area contributed by atoms with Crippen molar-refractivity contribution in [1.29, 1.82) is 0 Å². The number of carboxylic acid groups (broad SMARTS) is 1. The first-order valence-electron chi connectivity index (χ1n) is 9.34. The molecule has 0 saturated carbocycles. The number of hydrogen-bond acceptors (Lipinski definition) is 4. The SMILES string of the molecule is Cc1cc(C)cc(OCCOc2cccc(CCNC(=O)CCC(=O)O)c2)c1. The molecule has 0 unspecified atom stereocenters. The lowest BCUT2D eigenvalue weighted by molar-refractivity contribution is -0.138. The number of carbonyl (C=O) groups is 2. The largest absolute Gasteiger partial charge is 0.490 e. The van der Waals surface area contributed by atoms with Gasteiger partial charge < -0.3 is 19.9 Å². The molecule has 0 fully saturated rings. The zero-order valence-electron chi connectivity index (χ0n) is 16.4. The Kier molecular flexibility index (Phi) is 8.34. The third-order valence-corrected chi connectivity index (χ3v) is 4.02. The topological polar surface area (TPSA) is 84.9 Å². The Morgan fingerprint density at radius 3 is 2.29 bits per heavy atom. The van der Waals surface area contributed by atoms with E-state index in [1.54, 1.807) is 0 Å². The van der Waals surface area contributed by atoms with Crippen molar-refractivity contribution in [2.75, 3.05) is 19.8 Å². The van der Waals surface area contributed by atoms with Crippen LogP contribution in [0.5, 0.6) is 11.5 Å². The lowest BCUT2D eigenvalue weighted by Crippen LogP contribution is -2.26. The third-order valence-electron chi connectivity index (χ3n) is 4.02. The van der Waals surface area contributed by atoms with Gasteiger partial charge in [-0.2, -0.15) is 0 Å². The first-order chi connectivity index (χ1) is 13.4. The van der Waals surface area contributed by atoms with Gasteiger partial charge in [-0.05, 0) is 61.2 Å². The van der Waals surface area contributed by atoms with E-state index in [4.69, 9.17) is 14.6 Å². The summed E-state index contributed by atoms with van der Waals surface area (Å²) in [5.41, 5.74) is 3.36. The highest BCUT2D eigenvalue weighted by atomic mass is 16.5. The van der Waals surface area contributed by atoms with Crippen molar-refractivity contribution >= 4 is 11.9 Å². The second-order valence-corrected chi connectivity index (χ2v) is 6.66. The van der Waals surface area contributed by atoms with Crippen molar-refractivity contribution in [3.05, 3.63) is 59.2 Å². The maximum atomic E-state index is 11.5. The number of nitrogens with one attached hydrogen (secondary N) is 1. The molecule has 2 aromatic carbocycles. The van der Waals surface area contributed by atoms with E-state index in [2.05, 4.69) is 11.4 Å². The minimum atomic E-state index is -0.971. The summed E-state index contributed by atoms with van der Waals surface area (Å²) >= 11 is 0. The zero-order valence-corrected chi connectivity index (χ0v) is 16.4. The number of amides is 1. The van der Waals surface area contributed by atoms with E-state index in [0.717, 1.165) is 17.1 Å². The lowest BCUT2D eigenvalue weighted by atomic mass is 10.1. The van der Waals surface area contributed by atoms with Crippen molar-refractivity contribution < 1.29 is 24.2 Å². The highest BCUT2D eigenvalue weighted by molar-refractivity contribution is 5.80. The Hall–Kier alpha value is -3.02. The van der Waals surface area contributed by atoms with E-state index < -0.39 is 5.97 Å². The monoisotopic (exact) mass is 385 g/mol. The summed E-state index contributed by atoms with van der Waals surface area (Å²) in [7, 11) is 0. The highest BCUT2D eigenvalue weighted by Crippen LogP contribution is 2.17. The van der Waals surface area contributed by atoms with Crippen LogP contribution in [-0.2, 0) is 16.0 Å². The predicted octanol–water partition coefficient (Wildman–Crippen LogP) is 3.28. The molecule has 0 aromatic heterocycles. The molecular weight excluding hydrogens is 358 g/mol. The molecule has 6 heteroatoms. The predicted molar refractivity (Wildman–Crippen MR) is 107 cm³/mol. The number of rotatable bonds is 11. The Labute approximate surface area is 165 Å². The average Bonchev–Trinajstić information content (AvgIpc) is 2.63. The minimum absolute atomic E-state index is 0.00104. The van der Waals surface area contributed by atoms with Crippen molar-refractivity contribution in [2.45, 2.75) is 33.1 Å². The third kappa shape index (κ3) is 8.12. The Balaban J connectivity index is 1.70. The minimum Gasteiger partial charge on any atom is -0.490 e. The van der Waals surface area contributed by atoms with E-state index in [9.17, 15) is 9.59 Å². The van der Waals surface area contributed by atoms with Gasteiger partial charge in [-0.3, -0.25) is 9.59 Å². The molecule has 0 saturated heterocycles. The van der Waals surface area contributed by atoms with Crippen LogP contribution in [0, 0.1) is 13.8 Å². The number of aryl methyl sites for hydroxylation is 2. The van der Waals surface area contributed by atoms with E-state index in [1.165, 1.54) is 11.1 Å². The molecule has 0 bridgehead atoms. The first kappa shape index (κ1) is 21.3. The smallest absolute Gasteiger partial charge is 0.303 e. The molecule has 0 spiro atoms. The fraction of sp³-hybridized carbons (Fsp3) is 0.364. The number of ether oxygens (including phenoxy) is 2. The van der Waals surface area contributed by atoms with E-state index in [-0.39, 0.29) is 18.7 Å². The van der Waals surface area contributed by atoms with Gasteiger partial charge in [0.1, 0.15) is 24.7 Å². The van der Waals surface area contributed by atoms with E-state index in [0.29, 0.717) is 26.2 Å². The van der Waals surface area contributed by atoms with Crippen LogP contribution in [0.25, 0.3) is 0 Å². The van der Waals surface area contributed by atoms with Gasteiger partial charge >= 0.3 is 5.97 Å². The molecular formula is C22H27NO5. The van der Waals surface area contributed by atoms with Crippen LogP contribution in [0.4, 0.5) is 0 Å². The van der Waals surface area contributed by atoms with Crippen LogP contribution in [0.1, 0.15) is 29.5 Å². The van der Waals surface area contributed by atoms with Crippen molar-refractivity contribution in [2.24, 2.45) is 0 Å². The standard InChI is InChI=1S/C22H27NO5/c1-16-12-17(2)14-20(13-16)28-11-10-27-19-5-3-4-18(15-19)8-9-23-21(24)6-7-22(25)26/h3-5,12-15H,6-11H2,1-2H3,(H,23,24)(H,25,26). The molecule has 6 nitrogen and oxygen atoms in total.